The van der Waals surface area contributed by atoms with Gasteiger partial charge in [-0.2, -0.15) is 0 Å². The van der Waals surface area contributed by atoms with Crippen LogP contribution in [0, 0.1) is 0 Å². The molecule has 1 atom stereocenters. The molecule has 0 radical (unpaired) electrons. The highest BCUT2D eigenvalue weighted by molar-refractivity contribution is 6.32. The molecule has 1 fully saturated rings. The summed E-state index contributed by atoms with van der Waals surface area (Å²) in [5.74, 6) is 0.732. The normalized spacial score (nSPS) is 22.0. The Hall–Kier alpha value is -0.870. The van der Waals surface area contributed by atoms with Gasteiger partial charge >= 0.3 is 0 Å². The minimum atomic E-state index is 0.583. The lowest BCUT2D eigenvalue weighted by atomic mass is 10.0. The van der Waals surface area contributed by atoms with Gasteiger partial charge in [0.25, 0.3) is 0 Å². The van der Waals surface area contributed by atoms with Gasteiger partial charge in [0.15, 0.2) is 0 Å². The highest BCUT2D eigenvalue weighted by Crippen LogP contribution is 2.19. The number of nitrogens with zero attached hydrogens (tertiary/aromatic N) is 3. The maximum atomic E-state index is 5.98. The van der Waals surface area contributed by atoms with Crippen molar-refractivity contribution in [2.75, 3.05) is 25.5 Å². The van der Waals surface area contributed by atoms with Crippen LogP contribution in [-0.4, -0.2) is 41.0 Å². The van der Waals surface area contributed by atoms with Crippen molar-refractivity contribution in [1.82, 2.24) is 14.9 Å². The number of hydrogen-bond donors (Lipinski definition) is 1. The molecule has 16 heavy (non-hydrogen) atoms. The fourth-order valence-electron chi connectivity index (χ4n) is 2.06. The molecule has 1 aromatic rings. The van der Waals surface area contributed by atoms with E-state index in [-0.39, 0.29) is 0 Å². The van der Waals surface area contributed by atoms with E-state index in [1.165, 1.54) is 32.1 Å². The molecule has 1 unspecified atom stereocenters. The van der Waals surface area contributed by atoms with Crippen molar-refractivity contribution in [2.24, 2.45) is 0 Å². The van der Waals surface area contributed by atoms with Crippen LogP contribution in [0.2, 0.25) is 5.02 Å². The molecular formula is C11H17ClN4. The molecule has 2 rings (SSSR count). The van der Waals surface area contributed by atoms with E-state index in [9.17, 15) is 0 Å². The summed E-state index contributed by atoms with van der Waals surface area (Å²) in [5, 5.41) is 3.87. The molecular weight excluding hydrogens is 224 g/mol. The molecule has 1 saturated heterocycles. The van der Waals surface area contributed by atoms with Crippen LogP contribution in [0.3, 0.4) is 0 Å². The van der Waals surface area contributed by atoms with E-state index in [1.54, 1.807) is 6.20 Å². The maximum Gasteiger partial charge on any atom is 0.148 e. The molecule has 88 valence electrons. The van der Waals surface area contributed by atoms with Crippen molar-refractivity contribution < 1.29 is 0 Å². The van der Waals surface area contributed by atoms with E-state index >= 15 is 0 Å². The van der Waals surface area contributed by atoms with E-state index in [1.807, 2.05) is 0 Å². The SMILES string of the molecule is CN1CCCCC1CNc1ncncc1Cl. The third kappa shape index (κ3) is 2.83. The molecule has 1 aliphatic heterocycles. The summed E-state index contributed by atoms with van der Waals surface area (Å²) in [5.41, 5.74) is 0. The molecule has 2 heterocycles. The van der Waals surface area contributed by atoms with Gasteiger partial charge < -0.3 is 10.2 Å². The van der Waals surface area contributed by atoms with Gasteiger partial charge in [0.2, 0.25) is 0 Å². The number of hydrogen-bond acceptors (Lipinski definition) is 4. The third-order valence-corrected chi connectivity index (χ3v) is 3.37. The number of aromatic nitrogens is 2. The van der Waals surface area contributed by atoms with Crippen LogP contribution >= 0.6 is 11.6 Å². The first-order valence-corrected chi connectivity index (χ1v) is 6.05. The zero-order valence-electron chi connectivity index (χ0n) is 9.49. The molecule has 4 nitrogen and oxygen atoms in total. The van der Waals surface area contributed by atoms with Crippen molar-refractivity contribution in [3.8, 4) is 0 Å². The highest BCUT2D eigenvalue weighted by atomic mass is 35.5. The first-order valence-electron chi connectivity index (χ1n) is 5.67. The Labute approximate surface area is 101 Å². The Bertz CT molecular complexity index is 345. The topological polar surface area (TPSA) is 41.0 Å². The van der Waals surface area contributed by atoms with Gasteiger partial charge in [-0.25, -0.2) is 9.97 Å². The minimum Gasteiger partial charge on any atom is -0.367 e. The largest absolute Gasteiger partial charge is 0.367 e. The highest BCUT2D eigenvalue weighted by Gasteiger charge is 2.18. The van der Waals surface area contributed by atoms with Crippen LogP contribution in [0.25, 0.3) is 0 Å². The second-order valence-corrected chi connectivity index (χ2v) is 4.64. The molecule has 1 aromatic heterocycles. The first-order chi connectivity index (χ1) is 7.77. The van der Waals surface area contributed by atoms with E-state index in [4.69, 9.17) is 11.6 Å². The van der Waals surface area contributed by atoms with Crippen molar-refractivity contribution in [3.05, 3.63) is 17.5 Å². The summed E-state index contributed by atoms with van der Waals surface area (Å²) in [6.45, 7) is 2.08. The second-order valence-electron chi connectivity index (χ2n) is 4.23. The Morgan fingerprint density at radius 2 is 2.44 bits per heavy atom. The molecule has 0 aliphatic carbocycles. The van der Waals surface area contributed by atoms with Gasteiger partial charge in [-0.1, -0.05) is 18.0 Å². The summed E-state index contributed by atoms with van der Waals surface area (Å²) in [4.78, 5) is 10.4. The fraction of sp³-hybridized carbons (Fsp3) is 0.636. The molecule has 5 heteroatoms. The van der Waals surface area contributed by atoms with Gasteiger partial charge in [-0.15, -0.1) is 0 Å². The average molecular weight is 241 g/mol. The zero-order chi connectivity index (χ0) is 11.4. The predicted octanol–water partition coefficient (Wildman–Crippen LogP) is 2.03. The van der Waals surface area contributed by atoms with Gasteiger partial charge in [-0.3, -0.25) is 0 Å². The average Bonchev–Trinajstić information content (AvgIpc) is 2.30. The van der Waals surface area contributed by atoms with Crippen LogP contribution < -0.4 is 5.32 Å². The van der Waals surface area contributed by atoms with E-state index in [2.05, 4.69) is 27.2 Å². The van der Waals surface area contributed by atoms with Crippen molar-refractivity contribution in [2.45, 2.75) is 25.3 Å². The minimum absolute atomic E-state index is 0.583. The number of likely N-dealkylation sites (N-methyl/N-ethyl adjacent to an activating group) is 1. The number of nitrogens with one attached hydrogen (secondary N) is 1. The zero-order valence-corrected chi connectivity index (χ0v) is 10.2. The summed E-state index contributed by atoms with van der Waals surface area (Å²) in [6, 6.07) is 0.583. The fourth-order valence-corrected chi connectivity index (χ4v) is 2.23. The van der Waals surface area contributed by atoms with Crippen LogP contribution in [-0.2, 0) is 0 Å². The number of anilines is 1. The molecule has 0 saturated carbocycles. The van der Waals surface area contributed by atoms with Gasteiger partial charge in [0, 0.05) is 12.6 Å². The summed E-state index contributed by atoms with van der Waals surface area (Å²) >= 11 is 5.98. The third-order valence-electron chi connectivity index (χ3n) is 3.09. The number of halogens is 1. The summed E-state index contributed by atoms with van der Waals surface area (Å²) in [7, 11) is 2.17. The second kappa shape index (κ2) is 5.46. The molecule has 0 aromatic carbocycles. The smallest absolute Gasteiger partial charge is 0.148 e. The molecule has 1 aliphatic rings. The molecule has 0 spiro atoms. The number of piperidine rings is 1. The lowest BCUT2D eigenvalue weighted by Gasteiger charge is -2.32. The van der Waals surface area contributed by atoms with Crippen LogP contribution in [0.1, 0.15) is 19.3 Å². The van der Waals surface area contributed by atoms with E-state index < -0.39 is 0 Å². The van der Waals surface area contributed by atoms with Gasteiger partial charge in [0.1, 0.15) is 17.2 Å². The number of rotatable bonds is 3. The molecule has 0 amide bonds. The molecule has 0 bridgehead atoms. The maximum absolute atomic E-state index is 5.98. The van der Waals surface area contributed by atoms with Crippen LogP contribution in [0.5, 0.6) is 0 Å². The Morgan fingerprint density at radius 3 is 3.19 bits per heavy atom. The molecule has 1 N–H and O–H groups in total. The lowest BCUT2D eigenvalue weighted by molar-refractivity contribution is 0.194. The predicted molar refractivity (Wildman–Crippen MR) is 65.8 cm³/mol. The van der Waals surface area contributed by atoms with Crippen LogP contribution in [0.4, 0.5) is 5.82 Å². The van der Waals surface area contributed by atoms with Crippen molar-refractivity contribution in [1.29, 1.82) is 0 Å². The van der Waals surface area contributed by atoms with Gasteiger partial charge in [0.05, 0.1) is 6.20 Å². The summed E-state index contributed by atoms with van der Waals surface area (Å²) in [6.07, 6.45) is 6.99. The number of likely N-dealkylation sites (tertiary alicyclic amines) is 1. The van der Waals surface area contributed by atoms with Crippen molar-refractivity contribution in [3.63, 3.8) is 0 Å². The van der Waals surface area contributed by atoms with E-state index in [0.29, 0.717) is 11.1 Å². The standard InChI is InChI=1S/C11H17ClN4/c1-16-5-3-2-4-9(16)6-14-11-10(12)7-13-8-15-11/h7-9H,2-6H2,1H3,(H,13,14,15). The van der Waals surface area contributed by atoms with Crippen LogP contribution in [0.15, 0.2) is 12.5 Å². The van der Waals surface area contributed by atoms with E-state index in [0.717, 1.165) is 12.4 Å². The Kier molecular flexibility index (Phi) is 3.96. The first kappa shape index (κ1) is 11.6. The van der Waals surface area contributed by atoms with Crippen molar-refractivity contribution >= 4 is 17.4 Å². The summed E-state index contributed by atoms with van der Waals surface area (Å²) < 4.78 is 0. The monoisotopic (exact) mass is 240 g/mol. The Morgan fingerprint density at radius 1 is 1.56 bits per heavy atom. The Balaban J connectivity index is 1.89. The van der Waals surface area contributed by atoms with Gasteiger partial charge in [-0.05, 0) is 26.4 Å². The lowest BCUT2D eigenvalue weighted by Crippen LogP contribution is -2.40. The quantitative estimate of drug-likeness (QED) is 0.878.